The fourth-order valence-electron chi connectivity index (χ4n) is 0.564. The summed E-state index contributed by atoms with van der Waals surface area (Å²) < 4.78 is 0. The van der Waals surface area contributed by atoms with Crippen molar-refractivity contribution in [2.75, 3.05) is 6.54 Å². The SMILES string of the molecule is C=C(C)C(=O)NCCC(C)N. The van der Waals surface area contributed by atoms with Crippen LogP contribution in [0.2, 0.25) is 0 Å². The molecule has 1 unspecified atom stereocenters. The largest absolute Gasteiger partial charge is 0.352 e. The Hall–Kier alpha value is -0.830. The van der Waals surface area contributed by atoms with Gasteiger partial charge in [0.1, 0.15) is 0 Å². The first-order valence-corrected chi connectivity index (χ1v) is 3.73. The Kier molecular flexibility index (Phi) is 4.54. The number of nitrogens with two attached hydrogens (primary N) is 1. The van der Waals surface area contributed by atoms with Gasteiger partial charge in [0.15, 0.2) is 0 Å². The maximum atomic E-state index is 10.9. The molecule has 0 heterocycles. The summed E-state index contributed by atoms with van der Waals surface area (Å²) in [6.45, 7) is 7.73. The van der Waals surface area contributed by atoms with Gasteiger partial charge in [0, 0.05) is 18.2 Å². The van der Waals surface area contributed by atoms with Gasteiger partial charge in [-0.15, -0.1) is 0 Å². The van der Waals surface area contributed by atoms with Gasteiger partial charge in [0.2, 0.25) is 5.91 Å². The van der Waals surface area contributed by atoms with E-state index in [4.69, 9.17) is 5.73 Å². The van der Waals surface area contributed by atoms with Gasteiger partial charge >= 0.3 is 0 Å². The Labute approximate surface area is 67.7 Å². The van der Waals surface area contributed by atoms with Crippen LogP contribution in [0.1, 0.15) is 20.3 Å². The third kappa shape index (κ3) is 5.61. The molecule has 0 aromatic heterocycles. The van der Waals surface area contributed by atoms with Crippen LogP contribution in [0, 0.1) is 0 Å². The Bertz CT molecular complexity index is 152. The Morgan fingerprint density at radius 3 is 2.64 bits per heavy atom. The molecule has 0 aromatic carbocycles. The summed E-state index contributed by atoms with van der Waals surface area (Å²) in [5.74, 6) is -0.0920. The van der Waals surface area contributed by atoms with Crippen LogP contribution in [-0.4, -0.2) is 18.5 Å². The lowest BCUT2D eigenvalue weighted by Gasteiger charge is -2.06. The Morgan fingerprint density at radius 2 is 2.27 bits per heavy atom. The maximum absolute atomic E-state index is 10.9. The average molecular weight is 156 g/mol. The predicted octanol–water partition coefficient (Wildman–Crippen LogP) is 0.416. The zero-order chi connectivity index (χ0) is 8.85. The molecule has 1 amide bonds. The standard InChI is InChI=1S/C8H16N2O/c1-6(2)8(11)10-5-4-7(3)9/h7H,1,4-5,9H2,2-3H3,(H,10,11). The van der Waals surface area contributed by atoms with Crippen LogP contribution in [0.5, 0.6) is 0 Å². The lowest BCUT2D eigenvalue weighted by molar-refractivity contribution is -0.117. The van der Waals surface area contributed by atoms with E-state index < -0.39 is 0 Å². The summed E-state index contributed by atoms with van der Waals surface area (Å²) >= 11 is 0. The molecule has 64 valence electrons. The molecule has 0 radical (unpaired) electrons. The second-order valence-corrected chi connectivity index (χ2v) is 2.80. The first-order valence-electron chi connectivity index (χ1n) is 3.73. The molecule has 0 aliphatic heterocycles. The average Bonchev–Trinajstić information content (AvgIpc) is 1.86. The summed E-state index contributed by atoms with van der Waals surface area (Å²) in [5.41, 5.74) is 6.02. The molecule has 0 bridgehead atoms. The summed E-state index contributed by atoms with van der Waals surface area (Å²) in [4.78, 5) is 10.9. The number of hydrogen-bond donors (Lipinski definition) is 2. The van der Waals surface area contributed by atoms with Crippen LogP contribution in [0.15, 0.2) is 12.2 Å². The van der Waals surface area contributed by atoms with Crippen molar-refractivity contribution in [3.8, 4) is 0 Å². The summed E-state index contributed by atoms with van der Waals surface area (Å²) in [7, 11) is 0. The van der Waals surface area contributed by atoms with E-state index in [1.807, 2.05) is 6.92 Å². The predicted molar refractivity (Wildman–Crippen MR) is 46.1 cm³/mol. The fourth-order valence-corrected chi connectivity index (χ4v) is 0.564. The van der Waals surface area contributed by atoms with E-state index >= 15 is 0 Å². The molecule has 0 rings (SSSR count). The third-order valence-corrected chi connectivity index (χ3v) is 1.27. The minimum absolute atomic E-state index is 0.0920. The van der Waals surface area contributed by atoms with E-state index in [0.29, 0.717) is 12.1 Å². The molecule has 0 aliphatic carbocycles. The fraction of sp³-hybridized carbons (Fsp3) is 0.625. The van der Waals surface area contributed by atoms with Crippen LogP contribution >= 0.6 is 0 Å². The van der Waals surface area contributed by atoms with E-state index in [1.165, 1.54) is 0 Å². The van der Waals surface area contributed by atoms with Gasteiger partial charge in [-0.05, 0) is 20.3 Å². The number of carbonyl (C=O) groups is 1. The number of rotatable bonds is 4. The number of amides is 1. The van der Waals surface area contributed by atoms with Crippen molar-refractivity contribution in [2.45, 2.75) is 26.3 Å². The van der Waals surface area contributed by atoms with Crippen LogP contribution in [0.3, 0.4) is 0 Å². The zero-order valence-corrected chi connectivity index (χ0v) is 7.18. The van der Waals surface area contributed by atoms with Crippen molar-refractivity contribution in [2.24, 2.45) is 5.73 Å². The smallest absolute Gasteiger partial charge is 0.246 e. The molecule has 0 spiro atoms. The second kappa shape index (κ2) is 4.91. The molecule has 0 saturated heterocycles. The van der Waals surface area contributed by atoms with Gasteiger partial charge in [-0.1, -0.05) is 6.58 Å². The van der Waals surface area contributed by atoms with E-state index in [1.54, 1.807) is 6.92 Å². The van der Waals surface area contributed by atoms with Crippen LogP contribution in [-0.2, 0) is 4.79 Å². The summed E-state index contributed by atoms with van der Waals surface area (Å²) in [6.07, 6.45) is 0.805. The van der Waals surface area contributed by atoms with Gasteiger partial charge in [-0.25, -0.2) is 0 Å². The van der Waals surface area contributed by atoms with E-state index in [-0.39, 0.29) is 11.9 Å². The number of nitrogens with one attached hydrogen (secondary N) is 1. The molecule has 3 nitrogen and oxygen atoms in total. The topological polar surface area (TPSA) is 55.1 Å². The van der Waals surface area contributed by atoms with E-state index in [2.05, 4.69) is 11.9 Å². The molecular formula is C8H16N2O. The molecule has 1 atom stereocenters. The van der Waals surface area contributed by atoms with Crippen molar-refractivity contribution >= 4 is 5.91 Å². The number of carbonyl (C=O) groups excluding carboxylic acids is 1. The molecule has 0 fully saturated rings. The first-order chi connectivity index (χ1) is 5.04. The summed E-state index contributed by atoms with van der Waals surface area (Å²) in [5, 5.41) is 2.69. The van der Waals surface area contributed by atoms with Gasteiger partial charge in [0.05, 0.1) is 0 Å². The van der Waals surface area contributed by atoms with Crippen molar-refractivity contribution in [3.63, 3.8) is 0 Å². The zero-order valence-electron chi connectivity index (χ0n) is 7.18. The quantitative estimate of drug-likeness (QED) is 0.579. The molecule has 0 aliphatic rings. The minimum atomic E-state index is -0.0920. The third-order valence-electron chi connectivity index (χ3n) is 1.27. The highest BCUT2D eigenvalue weighted by Crippen LogP contribution is 1.87. The first kappa shape index (κ1) is 10.2. The highest BCUT2D eigenvalue weighted by Gasteiger charge is 2.00. The van der Waals surface area contributed by atoms with Gasteiger partial charge in [-0.3, -0.25) is 4.79 Å². The Morgan fingerprint density at radius 1 is 1.73 bits per heavy atom. The van der Waals surface area contributed by atoms with Gasteiger partial charge < -0.3 is 11.1 Å². The van der Waals surface area contributed by atoms with Gasteiger partial charge in [0.25, 0.3) is 0 Å². The van der Waals surface area contributed by atoms with E-state index in [0.717, 1.165) is 6.42 Å². The molecule has 3 heteroatoms. The lowest BCUT2D eigenvalue weighted by Crippen LogP contribution is -2.29. The number of hydrogen-bond acceptors (Lipinski definition) is 2. The van der Waals surface area contributed by atoms with E-state index in [9.17, 15) is 4.79 Å². The monoisotopic (exact) mass is 156 g/mol. The summed E-state index contributed by atoms with van der Waals surface area (Å²) in [6, 6.07) is 0.139. The molecule has 0 saturated carbocycles. The van der Waals surface area contributed by atoms with Crippen molar-refractivity contribution in [3.05, 3.63) is 12.2 Å². The maximum Gasteiger partial charge on any atom is 0.246 e. The van der Waals surface area contributed by atoms with Crippen LogP contribution < -0.4 is 11.1 Å². The molecule has 11 heavy (non-hydrogen) atoms. The molecule has 3 N–H and O–H groups in total. The lowest BCUT2D eigenvalue weighted by atomic mass is 10.2. The van der Waals surface area contributed by atoms with Gasteiger partial charge in [-0.2, -0.15) is 0 Å². The Balaban J connectivity index is 3.40. The van der Waals surface area contributed by atoms with Crippen molar-refractivity contribution < 1.29 is 4.79 Å². The highest BCUT2D eigenvalue weighted by molar-refractivity contribution is 5.91. The van der Waals surface area contributed by atoms with Crippen LogP contribution in [0.25, 0.3) is 0 Å². The minimum Gasteiger partial charge on any atom is -0.352 e. The van der Waals surface area contributed by atoms with Crippen molar-refractivity contribution in [1.82, 2.24) is 5.32 Å². The second-order valence-electron chi connectivity index (χ2n) is 2.80. The van der Waals surface area contributed by atoms with Crippen LogP contribution in [0.4, 0.5) is 0 Å². The molecular weight excluding hydrogens is 140 g/mol. The molecule has 0 aromatic rings. The van der Waals surface area contributed by atoms with Crippen molar-refractivity contribution in [1.29, 1.82) is 0 Å². The normalized spacial score (nSPS) is 12.3. The highest BCUT2D eigenvalue weighted by atomic mass is 16.1.